The van der Waals surface area contributed by atoms with Crippen LogP contribution in [0.3, 0.4) is 0 Å². The number of nitrogens with two attached hydrogens (primary N) is 1. The molecule has 0 saturated heterocycles. The van der Waals surface area contributed by atoms with Crippen LogP contribution >= 0.6 is 0 Å². The second-order valence-corrected chi connectivity index (χ2v) is 6.80. The van der Waals surface area contributed by atoms with Gasteiger partial charge >= 0.3 is 0 Å². The zero-order valence-corrected chi connectivity index (χ0v) is 11.5. The lowest BCUT2D eigenvalue weighted by Gasteiger charge is -2.09. The first-order valence-corrected chi connectivity index (χ1v) is 8.16. The Balaban J connectivity index is 3.10. The van der Waals surface area contributed by atoms with Crippen molar-refractivity contribution in [2.45, 2.75) is 4.90 Å². The summed E-state index contributed by atoms with van der Waals surface area (Å²) >= 11 is 0. The topological polar surface area (TPSA) is 170 Å². The van der Waals surface area contributed by atoms with Gasteiger partial charge in [-0.1, -0.05) is 0 Å². The van der Waals surface area contributed by atoms with E-state index in [1.54, 1.807) is 0 Å². The molecule has 1 aromatic carbocycles. The predicted molar refractivity (Wildman–Crippen MR) is 69.4 cm³/mol. The lowest BCUT2D eigenvalue weighted by atomic mass is 10.3. The normalized spacial score (nSPS) is 12.1. The van der Waals surface area contributed by atoms with Gasteiger partial charge in [-0.25, -0.2) is 13.6 Å². The first-order valence-electron chi connectivity index (χ1n) is 5.01. The van der Waals surface area contributed by atoms with Gasteiger partial charge in [-0.15, -0.1) is 0 Å². The fraction of sp³-hybridized carbons (Fsp3) is 0.250. The molecule has 0 unspecified atom stereocenters. The van der Waals surface area contributed by atoms with Crippen LogP contribution in [0.4, 0.5) is 11.4 Å². The van der Waals surface area contributed by atoms with E-state index in [4.69, 9.17) is 9.69 Å². The molecular formula is C8H11N3O7S2. The number of nitro groups is 1. The molecule has 0 aliphatic heterocycles. The fourth-order valence-corrected chi connectivity index (χ4v) is 2.41. The number of anilines is 1. The van der Waals surface area contributed by atoms with Crippen molar-refractivity contribution in [3.05, 3.63) is 28.3 Å². The molecule has 12 heteroatoms. The molecule has 0 atom stereocenters. The van der Waals surface area contributed by atoms with Gasteiger partial charge in [0.1, 0.15) is 4.90 Å². The number of hydrogen-bond acceptors (Lipinski definition) is 7. The highest BCUT2D eigenvalue weighted by molar-refractivity contribution is 7.89. The van der Waals surface area contributed by atoms with Crippen molar-refractivity contribution in [2.24, 2.45) is 5.14 Å². The van der Waals surface area contributed by atoms with Crippen LogP contribution in [0.15, 0.2) is 23.1 Å². The quantitative estimate of drug-likeness (QED) is 0.358. The molecule has 20 heavy (non-hydrogen) atoms. The highest BCUT2D eigenvalue weighted by Crippen LogP contribution is 2.25. The summed E-state index contributed by atoms with van der Waals surface area (Å²) in [7, 11) is -8.45. The molecular weight excluding hydrogens is 314 g/mol. The third-order valence-electron chi connectivity index (χ3n) is 2.16. The standard InChI is InChI=1S/C8H11N3O7S2/c9-20(17,18)8-5-6(11(12)13)1-2-7(8)10-3-4-19(14,15)16/h1-2,5,10H,3-4H2,(H2,9,17,18)(H,14,15,16). The highest BCUT2D eigenvalue weighted by Gasteiger charge is 2.19. The molecule has 1 rings (SSSR count). The van der Waals surface area contributed by atoms with E-state index in [-0.39, 0.29) is 12.2 Å². The summed E-state index contributed by atoms with van der Waals surface area (Å²) < 4.78 is 52.3. The van der Waals surface area contributed by atoms with Gasteiger partial charge in [0.2, 0.25) is 10.0 Å². The Bertz CT molecular complexity index is 726. The first kappa shape index (κ1) is 16.3. The SMILES string of the molecule is NS(=O)(=O)c1cc([N+](=O)[O-])ccc1NCCS(=O)(=O)O. The van der Waals surface area contributed by atoms with E-state index in [1.165, 1.54) is 0 Å². The molecule has 0 amide bonds. The summed E-state index contributed by atoms with van der Waals surface area (Å²) in [6.07, 6.45) is 0. The van der Waals surface area contributed by atoms with Crippen molar-refractivity contribution in [1.29, 1.82) is 0 Å². The highest BCUT2D eigenvalue weighted by atomic mass is 32.2. The minimum Gasteiger partial charge on any atom is -0.383 e. The Hall–Kier alpha value is -1.76. The molecule has 0 aliphatic rings. The van der Waals surface area contributed by atoms with Gasteiger partial charge < -0.3 is 5.32 Å². The summed E-state index contributed by atoms with van der Waals surface area (Å²) in [6.45, 7) is -0.292. The predicted octanol–water partition coefficient (Wildman–Crippen LogP) is -0.458. The number of nitro benzene ring substituents is 1. The molecule has 0 radical (unpaired) electrons. The van der Waals surface area contributed by atoms with Crippen LogP contribution < -0.4 is 10.5 Å². The summed E-state index contributed by atoms with van der Waals surface area (Å²) in [5.41, 5.74) is -0.573. The summed E-state index contributed by atoms with van der Waals surface area (Å²) in [6, 6.07) is 2.87. The summed E-state index contributed by atoms with van der Waals surface area (Å²) in [5.74, 6) is -0.659. The average molecular weight is 325 g/mol. The van der Waals surface area contributed by atoms with E-state index in [0.717, 1.165) is 18.2 Å². The molecule has 112 valence electrons. The third-order valence-corrected chi connectivity index (χ3v) is 3.83. The Morgan fingerprint density at radius 1 is 1.30 bits per heavy atom. The van der Waals surface area contributed by atoms with Gasteiger partial charge in [-0.3, -0.25) is 14.7 Å². The van der Waals surface area contributed by atoms with Gasteiger partial charge in [0.15, 0.2) is 0 Å². The van der Waals surface area contributed by atoms with E-state index >= 15 is 0 Å². The van der Waals surface area contributed by atoms with Gasteiger partial charge in [0, 0.05) is 18.7 Å². The summed E-state index contributed by atoms with van der Waals surface area (Å²) in [4.78, 5) is 9.24. The maximum atomic E-state index is 11.3. The van der Waals surface area contributed by atoms with Crippen LogP contribution in [0.25, 0.3) is 0 Å². The largest absolute Gasteiger partial charge is 0.383 e. The molecule has 0 bridgehead atoms. The van der Waals surface area contributed by atoms with Crippen molar-refractivity contribution in [3.8, 4) is 0 Å². The molecule has 0 aromatic heterocycles. The molecule has 0 heterocycles. The van der Waals surface area contributed by atoms with Crippen molar-refractivity contribution >= 4 is 31.5 Å². The van der Waals surface area contributed by atoms with Gasteiger partial charge in [0.05, 0.1) is 16.4 Å². The zero-order chi connectivity index (χ0) is 15.6. The van der Waals surface area contributed by atoms with Crippen molar-refractivity contribution in [1.82, 2.24) is 0 Å². The van der Waals surface area contributed by atoms with Crippen molar-refractivity contribution in [2.75, 3.05) is 17.6 Å². The number of rotatable bonds is 6. The maximum absolute atomic E-state index is 11.3. The lowest BCUT2D eigenvalue weighted by Crippen LogP contribution is -2.19. The van der Waals surface area contributed by atoms with Crippen LogP contribution in [0.5, 0.6) is 0 Å². The van der Waals surface area contributed by atoms with Crippen LogP contribution in [-0.4, -0.2) is 38.6 Å². The number of non-ortho nitro benzene ring substituents is 1. The Kier molecular flexibility index (Phi) is 4.65. The molecule has 10 nitrogen and oxygen atoms in total. The molecule has 0 fully saturated rings. The van der Waals surface area contributed by atoms with E-state index in [1.807, 2.05) is 0 Å². The number of nitrogens with zero attached hydrogens (tertiary/aromatic N) is 1. The molecule has 4 N–H and O–H groups in total. The van der Waals surface area contributed by atoms with Gasteiger partial charge in [0.25, 0.3) is 15.8 Å². The Morgan fingerprint density at radius 3 is 2.35 bits per heavy atom. The second-order valence-electron chi connectivity index (χ2n) is 3.70. The number of sulfonamides is 1. The Labute approximate surface area is 114 Å². The number of hydrogen-bond donors (Lipinski definition) is 3. The third kappa shape index (κ3) is 4.73. The number of primary sulfonamides is 1. The smallest absolute Gasteiger partial charge is 0.270 e. The molecule has 0 spiro atoms. The van der Waals surface area contributed by atoms with E-state index in [0.29, 0.717) is 0 Å². The Morgan fingerprint density at radius 2 is 1.90 bits per heavy atom. The van der Waals surface area contributed by atoms with E-state index in [2.05, 4.69) is 5.32 Å². The van der Waals surface area contributed by atoms with E-state index < -0.39 is 41.4 Å². The lowest BCUT2D eigenvalue weighted by molar-refractivity contribution is -0.385. The minimum absolute atomic E-state index is 0.0956. The molecule has 0 saturated carbocycles. The maximum Gasteiger partial charge on any atom is 0.270 e. The van der Waals surface area contributed by atoms with Crippen molar-refractivity contribution < 1.29 is 26.3 Å². The van der Waals surface area contributed by atoms with Crippen LogP contribution in [-0.2, 0) is 20.1 Å². The minimum atomic E-state index is -4.23. The van der Waals surface area contributed by atoms with Gasteiger partial charge in [-0.2, -0.15) is 8.42 Å². The number of nitrogens with one attached hydrogen (secondary N) is 1. The fourth-order valence-electron chi connectivity index (χ4n) is 1.32. The monoisotopic (exact) mass is 325 g/mol. The first-order chi connectivity index (χ1) is 9.00. The molecule has 1 aromatic rings. The summed E-state index contributed by atoms with van der Waals surface area (Å²) in [5, 5.41) is 17.9. The second kappa shape index (κ2) is 5.70. The average Bonchev–Trinajstić information content (AvgIpc) is 2.25. The van der Waals surface area contributed by atoms with Crippen molar-refractivity contribution in [3.63, 3.8) is 0 Å². The van der Waals surface area contributed by atoms with E-state index in [9.17, 15) is 26.9 Å². The van der Waals surface area contributed by atoms with Gasteiger partial charge in [-0.05, 0) is 6.07 Å². The van der Waals surface area contributed by atoms with Crippen LogP contribution in [0, 0.1) is 10.1 Å². The number of benzene rings is 1. The van der Waals surface area contributed by atoms with Crippen LogP contribution in [0.2, 0.25) is 0 Å². The zero-order valence-electron chi connectivity index (χ0n) is 9.88. The van der Waals surface area contributed by atoms with Crippen LogP contribution in [0.1, 0.15) is 0 Å². The molecule has 0 aliphatic carbocycles.